The molecule has 0 aliphatic rings. The van der Waals surface area contributed by atoms with Crippen molar-refractivity contribution in [3.63, 3.8) is 0 Å². The topological polar surface area (TPSA) is 17.8 Å². The maximum atomic E-state index is 13.9. The molecule has 4 heteroatoms. The summed E-state index contributed by atoms with van der Waals surface area (Å²) in [6.45, 7) is 2.76. The molecular formula is C17H16ClFN2. The molecule has 108 valence electrons. The van der Waals surface area contributed by atoms with E-state index in [-0.39, 0.29) is 5.82 Å². The lowest BCUT2D eigenvalue weighted by atomic mass is 10.1. The van der Waals surface area contributed by atoms with Gasteiger partial charge in [0.05, 0.1) is 5.52 Å². The molecule has 0 spiro atoms. The van der Waals surface area contributed by atoms with E-state index in [1.165, 1.54) is 17.2 Å². The van der Waals surface area contributed by atoms with E-state index in [0.717, 1.165) is 11.3 Å². The molecule has 21 heavy (non-hydrogen) atoms. The highest BCUT2D eigenvalue weighted by atomic mass is 35.5. The van der Waals surface area contributed by atoms with Gasteiger partial charge >= 0.3 is 0 Å². The molecule has 0 N–H and O–H groups in total. The number of para-hydroxylation sites is 1. The number of hydrogen-bond acceptors (Lipinski definition) is 1. The number of benzene rings is 2. The average molecular weight is 303 g/mol. The second-order valence-electron chi connectivity index (χ2n) is 5.09. The number of aromatic nitrogens is 2. The van der Waals surface area contributed by atoms with Crippen molar-refractivity contribution in [1.82, 2.24) is 9.55 Å². The van der Waals surface area contributed by atoms with Gasteiger partial charge in [0.1, 0.15) is 11.3 Å². The van der Waals surface area contributed by atoms with Crippen molar-refractivity contribution in [3.8, 4) is 0 Å². The molecule has 0 saturated heterocycles. The summed E-state index contributed by atoms with van der Waals surface area (Å²) in [6.07, 6.45) is 0.627. The Morgan fingerprint density at radius 2 is 1.95 bits per heavy atom. The second-order valence-corrected chi connectivity index (χ2v) is 5.47. The molecule has 0 bridgehead atoms. The summed E-state index contributed by atoms with van der Waals surface area (Å²) in [4.78, 5) is 4.43. The van der Waals surface area contributed by atoms with Crippen molar-refractivity contribution in [1.29, 1.82) is 0 Å². The Kier molecular flexibility index (Phi) is 3.93. The second kappa shape index (κ2) is 5.86. The Bertz CT molecular complexity index is 780. The molecule has 0 saturated carbocycles. The van der Waals surface area contributed by atoms with Crippen LogP contribution in [0.25, 0.3) is 11.0 Å². The third-order valence-electron chi connectivity index (χ3n) is 3.72. The Hall–Kier alpha value is -1.87. The zero-order valence-electron chi connectivity index (χ0n) is 11.8. The van der Waals surface area contributed by atoms with E-state index < -0.39 is 0 Å². The van der Waals surface area contributed by atoms with Crippen LogP contribution in [0.2, 0.25) is 0 Å². The molecule has 2 aromatic carbocycles. The normalized spacial score (nSPS) is 11.2. The molecule has 0 atom stereocenters. The largest absolute Gasteiger partial charge is 0.323 e. The first-order valence-electron chi connectivity index (χ1n) is 6.95. The molecule has 0 aliphatic carbocycles. The average Bonchev–Trinajstić information content (AvgIpc) is 2.82. The van der Waals surface area contributed by atoms with Crippen LogP contribution in [0, 0.1) is 12.7 Å². The summed E-state index contributed by atoms with van der Waals surface area (Å²) in [5.74, 6) is 1.01. The van der Waals surface area contributed by atoms with E-state index in [1.54, 1.807) is 6.07 Å². The van der Waals surface area contributed by atoms with Crippen LogP contribution in [0.1, 0.15) is 17.0 Å². The number of fused-ring (bicyclic) bond motifs is 1. The van der Waals surface area contributed by atoms with Gasteiger partial charge in [-0.1, -0.05) is 30.3 Å². The maximum Gasteiger partial charge on any atom is 0.151 e. The summed E-state index contributed by atoms with van der Waals surface area (Å²) < 4.78 is 16.0. The van der Waals surface area contributed by atoms with Crippen LogP contribution in [0.4, 0.5) is 4.39 Å². The van der Waals surface area contributed by atoms with Gasteiger partial charge in [0.2, 0.25) is 0 Å². The lowest BCUT2D eigenvalue weighted by molar-refractivity contribution is 0.637. The lowest BCUT2D eigenvalue weighted by Crippen LogP contribution is -2.07. The van der Waals surface area contributed by atoms with Crippen LogP contribution < -0.4 is 0 Å². The van der Waals surface area contributed by atoms with Gasteiger partial charge in [0.15, 0.2) is 5.82 Å². The Morgan fingerprint density at radius 1 is 1.14 bits per heavy atom. The zero-order valence-corrected chi connectivity index (χ0v) is 12.6. The standard InChI is InChI=1S/C17H16ClFN2/c1-12-5-2-3-6-13(12)11-21-15-8-4-7-14(19)17(15)20-16(21)9-10-18/h2-8H,9-11H2,1H3. The highest BCUT2D eigenvalue weighted by Gasteiger charge is 2.14. The van der Waals surface area contributed by atoms with Crippen molar-refractivity contribution >= 4 is 22.6 Å². The van der Waals surface area contributed by atoms with Crippen LogP contribution in [-0.2, 0) is 13.0 Å². The number of rotatable bonds is 4. The number of imidazole rings is 1. The SMILES string of the molecule is Cc1ccccc1Cn1c(CCCl)nc2c(F)cccc21. The minimum atomic E-state index is -0.285. The first kappa shape index (κ1) is 14.1. The highest BCUT2D eigenvalue weighted by Crippen LogP contribution is 2.22. The smallest absolute Gasteiger partial charge is 0.151 e. The van der Waals surface area contributed by atoms with Crippen molar-refractivity contribution in [3.05, 3.63) is 65.2 Å². The summed E-state index contributed by atoms with van der Waals surface area (Å²) in [5, 5.41) is 0. The Labute approximate surface area is 128 Å². The fraction of sp³-hybridized carbons (Fsp3) is 0.235. The molecule has 1 aromatic heterocycles. The first-order chi connectivity index (χ1) is 10.2. The molecule has 3 rings (SSSR count). The van der Waals surface area contributed by atoms with Gasteiger partial charge in [0, 0.05) is 18.8 Å². The zero-order chi connectivity index (χ0) is 14.8. The van der Waals surface area contributed by atoms with Crippen molar-refractivity contribution < 1.29 is 4.39 Å². The van der Waals surface area contributed by atoms with E-state index in [4.69, 9.17) is 11.6 Å². The highest BCUT2D eigenvalue weighted by molar-refractivity contribution is 6.17. The van der Waals surface area contributed by atoms with Crippen molar-refractivity contribution in [2.75, 3.05) is 5.88 Å². The van der Waals surface area contributed by atoms with E-state index in [1.807, 2.05) is 18.2 Å². The third-order valence-corrected chi connectivity index (χ3v) is 3.91. The number of halogens is 2. The molecular weight excluding hydrogens is 287 g/mol. The summed E-state index contributed by atoms with van der Waals surface area (Å²) in [5.41, 5.74) is 3.66. The van der Waals surface area contributed by atoms with Gasteiger partial charge in [-0.05, 0) is 30.2 Å². The lowest BCUT2D eigenvalue weighted by Gasteiger charge is -2.11. The molecule has 3 aromatic rings. The molecule has 1 heterocycles. The molecule has 2 nitrogen and oxygen atoms in total. The summed E-state index contributed by atoms with van der Waals surface area (Å²) >= 11 is 5.86. The quantitative estimate of drug-likeness (QED) is 0.657. The van der Waals surface area contributed by atoms with Crippen LogP contribution in [0.5, 0.6) is 0 Å². The monoisotopic (exact) mass is 302 g/mol. The van der Waals surface area contributed by atoms with E-state index in [2.05, 4.69) is 28.6 Å². The number of nitrogens with zero attached hydrogens (tertiary/aromatic N) is 2. The predicted octanol–water partition coefficient (Wildman–Crippen LogP) is 4.31. The Morgan fingerprint density at radius 3 is 2.71 bits per heavy atom. The molecule has 0 radical (unpaired) electrons. The van der Waals surface area contributed by atoms with Gasteiger partial charge in [-0.3, -0.25) is 0 Å². The number of aryl methyl sites for hydroxylation is 2. The minimum Gasteiger partial charge on any atom is -0.323 e. The van der Waals surface area contributed by atoms with Crippen molar-refractivity contribution in [2.24, 2.45) is 0 Å². The van der Waals surface area contributed by atoms with Gasteiger partial charge in [-0.15, -0.1) is 11.6 Å². The molecule has 0 fully saturated rings. The van der Waals surface area contributed by atoms with Crippen LogP contribution in [-0.4, -0.2) is 15.4 Å². The minimum absolute atomic E-state index is 0.285. The van der Waals surface area contributed by atoms with Gasteiger partial charge in [-0.25, -0.2) is 9.37 Å². The molecule has 0 amide bonds. The summed E-state index contributed by atoms with van der Waals surface area (Å²) in [7, 11) is 0. The predicted molar refractivity (Wildman–Crippen MR) is 84.4 cm³/mol. The van der Waals surface area contributed by atoms with Crippen LogP contribution >= 0.6 is 11.6 Å². The van der Waals surface area contributed by atoms with Gasteiger partial charge in [-0.2, -0.15) is 0 Å². The first-order valence-corrected chi connectivity index (χ1v) is 7.48. The summed E-state index contributed by atoms with van der Waals surface area (Å²) in [6, 6.07) is 13.3. The van der Waals surface area contributed by atoms with E-state index >= 15 is 0 Å². The number of hydrogen-bond donors (Lipinski definition) is 0. The van der Waals surface area contributed by atoms with Crippen LogP contribution in [0.15, 0.2) is 42.5 Å². The number of alkyl halides is 1. The van der Waals surface area contributed by atoms with E-state index in [0.29, 0.717) is 24.4 Å². The van der Waals surface area contributed by atoms with Gasteiger partial charge in [0.25, 0.3) is 0 Å². The van der Waals surface area contributed by atoms with Crippen LogP contribution in [0.3, 0.4) is 0 Å². The fourth-order valence-electron chi connectivity index (χ4n) is 2.57. The Balaban J connectivity index is 2.13. The molecule has 0 aliphatic heterocycles. The third kappa shape index (κ3) is 2.66. The van der Waals surface area contributed by atoms with E-state index in [9.17, 15) is 4.39 Å². The van der Waals surface area contributed by atoms with Gasteiger partial charge < -0.3 is 4.57 Å². The maximum absolute atomic E-state index is 13.9. The fourth-order valence-corrected chi connectivity index (χ4v) is 2.74. The van der Waals surface area contributed by atoms with Crippen molar-refractivity contribution in [2.45, 2.75) is 19.9 Å². The molecule has 0 unspecified atom stereocenters.